The number of nitrogens with two attached hydrogens (primary N) is 1. The van der Waals surface area contributed by atoms with Crippen molar-refractivity contribution in [2.45, 2.75) is 30.8 Å². The molecule has 1 aliphatic heterocycles. The number of hydrogen-bond donors (Lipinski definition) is 1. The summed E-state index contributed by atoms with van der Waals surface area (Å²) in [5.41, 5.74) is 5.40. The van der Waals surface area contributed by atoms with E-state index in [2.05, 4.69) is 19.0 Å². The van der Waals surface area contributed by atoms with Gasteiger partial charge in [0.05, 0.1) is 5.54 Å². The van der Waals surface area contributed by atoms with Gasteiger partial charge in [0.15, 0.2) is 0 Å². The van der Waals surface area contributed by atoms with Crippen molar-refractivity contribution in [3.8, 4) is 0 Å². The smallest absolute Gasteiger partial charge is 0.242 e. The number of carbonyl (C=O) groups is 1. The highest BCUT2D eigenvalue weighted by atomic mass is 16.2. The van der Waals surface area contributed by atoms with E-state index in [1.54, 1.807) is 0 Å². The van der Waals surface area contributed by atoms with E-state index in [4.69, 9.17) is 5.73 Å². The Morgan fingerprint density at radius 1 is 1.50 bits per heavy atom. The fourth-order valence-corrected chi connectivity index (χ4v) is 2.01. The normalized spacial score (nSPS) is 29.7. The summed E-state index contributed by atoms with van der Waals surface area (Å²) in [6.07, 6.45) is 2.82. The van der Waals surface area contributed by atoms with Crippen LogP contribution in [0.3, 0.4) is 0 Å². The maximum Gasteiger partial charge on any atom is 0.242 e. The fourth-order valence-electron chi connectivity index (χ4n) is 2.01. The van der Waals surface area contributed by atoms with E-state index >= 15 is 0 Å². The van der Waals surface area contributed by atoms with Gasteiger partial charge in [-0.3, -0.25) is 4.79 Å². The highest BCUT2D eigenvalue weighted by Crippen LogP contribution is 2.35. The summed E-state index contributed by atoms with van der Waals surface area (Å²) in [5.74, 6) is 0.168. The first-order valence-corrected chi connectivity index (χ1v) is 5.28. The molecule has 2 N–H and O–H groups in total. The minimum Gasteiger partial charge on any atom is -0.339 e. The van der Waals surface area contributed by atoms with Crippen molar-refractivity contribution in [2.75, 3.05) is 27.2 Å². The number of amides is 1. The molecule has 0 aromatic carbocycles. The van der Waals surface area contributed by atoms with Gasteiger partial charge in [0.25, 0.3) is 0 Å². The zero-order valence-corrected chi connectivity index (χ0v) is 8.99. The van der Waals surface area contributed by atoms with Crippen molar-refractivity contribution in [3.05, 3.63) is 0 Å². The first-order chi connectivity index (χ1) is 6.53. The van der Waals surface area contributed by atoms with Gasteiger partial charge in [-0.25, -0.2) is 0 Å². The molecule has 0 radical (unpaired) electrons. The van der Waals surface area contributed by atoms with E-state index in [1.807, 2.05) is 4.90 Å². The molecular formula is C10H19N3O. The number of likely N-dealkylation sites (tertiary alicyclic amines) is 1. The molecule has 2 aliphatic rings. The molecule has 14 heavy (non-hydrogen) atoms. The van der Waals surface area contributed by atoms with Gasteiger partial charge in [0.2, 0.25) is 5.91 Å². The summed E-state index contributed by atoms with van der Waals surface area (Å²) in [7, 11) is 4.13. The number of hydrogen-bond acceptors (Lipinski definition) is 3. The molecule has 0 aromatic heterocycles. The molecule has 1 saturated carbocycles. The van der Waals surface area contributed by atoms with E-state index in [9.17, 15) is 4.79 Å². The Labute approximate surface area is 85.0 Å². The van der Waals surface area contributed by atoms with Crippen LogP contribution >= 0.6 is 0 Å². The van der Waals surface area contributed by atoms with E-state index in [1.165, 1.54) is 0 Å². The molecule has 1 atom stereocenters. The SMILES string of the molecule is CN(C)C1CCN(C(=O)C2(N)CC2)C1. The third kappa shape index (κ3) is 1.64. The van der Waals surface area contributed by atoms with Crippen LogP contribution in [0.4, 0.5) is 0 Å². The molecule has 4 heteroatoms. The Morgan fingerprint density at radius 3 is 2.57 bits per heavy atom. The van der Waals surface area contributed by atoms with Gasteiger partial charge in [-0.05, 0) is 33.4 Å². The second-order valence-corrected chi connectivity index (χ2v) is 4.81. The molecule has 0 aromatic rings. The Balaban J connectivity index is 1.92. The minimum absolute atomic E-state index is 0.168. The summed E-state index contributed by atoms with van der Waals surface area (Å²) < 4.78 is 0. The second kappa shape index (κ2) is 3.21. The van der Waals surface area contributed by atoms with Crippen LogP contribution in [-0.2, 0) is 4.79 Å². The predicted molar refractivity (Wildman–Crippen MR) is 54.8 cm³/mol. The van der Waals surface area contributed by atoms with Crippen molar-refractivity contribution in [1.29, 1.82) is 0 Å². The molecule has 2 fully saturated rings. The maximum absolute atomic E-state index is 11.9. The lowest BCUT2D eigenvalue weighted by Gasteiger charge is -2.22. The number of nitrogens with zero attached hydrogens (tertiary/aromatic N) is 2. The standard InChI is InChI=1S/C10H19N3O/c1-12(2)8-3-6-13(7-8)9(14)10(11)4-5-10/h8H,3-7,11H2,1-2H3. The van der Waals surface area contributed by atoms with Crippen LogP contribution in [-0.4, -0.2) is 54.5 Å². The van der Waals surface area contributed by atoms with Crippen LogP contribution in [0.1, 0.15) is 19.3 Å². The van der Waals surface area contributed by atoms with Gasteiger partial charge in [0.1, 0.15) is 0 Å². The fraction of sp³-hybridized carbons (Fsp3) is 0.900. The van der Waals surface area contributed by atoms with Crippen molar-refractivity contribution in [1.82, 2.24) is 9.80 Å². The summed E-state index contributed by atoms with van der Waals surface area (Å²) >= 11 is 0. The average Bonchev–Trinajstić information content (AvgIpc) is 2.69. The molecule has 0 spiro atoms. The third-order valence-electron chi connectivity index (χ3n) is 3.40. The number of likely N-dealkylation sites (N-methyl/N-ethyl adjacent to an activating group) is 1. The molecular weight excluding hydrogens is 178 g/mol. The van der Waals surface area contributed by atoms with Gasteiger partial charge in [-0.2, -0.15) is 0 Å². The monoisotopic (exact) mass is 197 g/mol. The van der Waals surface area contributed by atoms with Crippen molar-refractivity contribution in [3.63, 3.8) is 0 Å². The summed E-state index contributed by atoms with van der Waals surface area (Å²) in [4.78, 5) is 16.0. The van der Waals surface area contributed by atoms with Gasteiger partial charge in [-0.1, -0.05) is 0 Å². The molecule has 4 nitrogen and oxygen atoms in total. The number of rotatable bonds is 2. The summed E-state index contributed by atoms with van der Waals surface area (Å²) in [5, 5.41) is 0. The zero-order valence-electron chi connectivity index (χ0n) is 8.99. The first kappa shape index (κ1) is 9.93. The van der Waals surface area contributed by atoms with Gasteiger partial charge < -0.3 is 15.5 Å². The van der Waals surface area contributed by atoms with Crippen LogP contribution in [0.5, 0.6) is 0 Å². The third-order valence-corrected chi connectivity index (χ3v) is 3.40. The van der Waals surface area contributed by atoms with Crippen LogP contribution in [0, 0.1) is 0 Å². The Hall–Kier alpha value is -0.610. The van der Waals surface area contributed by atoms with Crippen LogP contribution in [0.25, 0.3) is 0 Å². The van der Waals surface area contributed by atoms with E-state index in [0.717, 1.165) is 32.4 Å². The molecule has 2 rings (SSSR count). The molecule has 1 amide bonds. The zero-order chi connectivity index (χ0) is 10.3. The van der Waals surface area contributed by atoms with Crippen molar-refractivity contribution < 1.29 is 4.79 Å². The Bertz CT molecular complexity index is 248. The van der Waals surface area contributed by atoms with Gasteiger partial charge >= 0.3 is 0 Å². The predicted octanol–water partition coefficient (Wildman–Crippen LogP) is -0.360. The van der Waals surface area contributed by atoms with E-state index in [-0.39, 0.29) is 5.91 Å². The largest absolute Gasteiger partial charge is 0.339 e. The Morgan fingerprint density at radius 2 is 2.14 bits per heavy atom. The van der Waals surface area contributed by atoms with Crippen LogP contribution < -0.4 is 5.73 Å². The highest BCUT2D eigenvalue weighted by Gasteiger charge is 2.49. The lowest BCUT2D eigenvalue weighted by Crippen LogP contribution is -2.45. The highest BCUT2D eigenvalue weighted by molar-refractivity contribution is 5.89. The molecule has 0 bridgehead atoms. The minimum atomic E-state index is -0.485. The summed E-state index contributed by atoms with van der Waals surface area (Å²) in [6, 6.07) is 0.515. The molecule has 1 heterocycles. The van der Waals surface area contributed by atoms with E-state index in [0.29, 0.717) is 6.04 Å². The van der Waals surface area contributed by atoms with Crippen LogP contribution in [0.2, 0.25) is 0 Å². The molecule has 1 aliphatic carbocycles. The average molecular weight is 197 g/mol. The van der Waals surface area contributed by atoms with Crippen molar-refractivity contribution in [2.24, 2.45) is 5.73 Å². The molecule has 80 valence electrons. The topological polar surface area (TPSA) is 49.6 Å². The lowest BCUT2D eigenvalue weighted by molar-refractivity contribution is -0.132. The second-order valence-electron chi connectivity index (χ2n) is 4.81. The van der Waals surface area contributed by atoms with Gasteiger partial charge in [0, 0.05) is 19.1 Å². The van der Waals surface area contributed by atoms with Crippen LogP contribution in [0.15, 0.2) is 0 Å². The number of carbonyl (C=O) groups excluding carboxylic acids is 1. The van der Waals surface area contributed by atoms with Gasteiger partial charge in [-0.15, -0.1) is 0 Å². The first-order valence-electron chi connectivity index (χ1n) is 5.28. The lowest BCUT2D eigenvalue weighted by atomic mass is 10.2. The quantitative estimate of drug-likeness (QED) is 0.657. The van der Waals surface area contributed by atoms with E-state index < -0.39 is 5.54 Å². The van der Waals surface area contributed by atoms with Crippen molar-refractivity contribution >= 4 is 5.91 Å². The molecule has 1 saturated heterocycles. The Kier molecular flexibility index (Phi) is 2.27. The molecule has 1 unspecified atom stereocenters. The summed E-state index contributed by atoms with van der Waals surface area (Å²) in [6.45, 7) is 1.73. The maximum atomic E-state index is 11.9.